The van der Waals surface area contributed by atoms with Crippen LogP contribution >= 0.6 is 0 Å². The van der Waals surface area contributed by atoms with Gasteiger partial charge >= 0.3 is 0 Å². The van der Waals surface area contributed by atoms with E-state index < -0.39 is 15.4 Å². The summed E-state index contributed by atoms with van der Waals surface area (Å²) in [6.07, 6.45) is 1.29. The maximum absolute atomic E-state index is 13.2. The zero-order valence-electron chi connectivity index (χ0n) is 13.5. The number of sulfonamides is 1. The van der Waals surface area contributed by atoms with Crippen LogP contribution in [0.2, 0.25) is 0 Å². The molecule has 1 aromatic rings. The van der Waals surface area contributed by atoms with Crippen molar-refractivity contribution in [3.05, 3.63) is 35.6 Å². The molecule has 1 saturated heterocycles. The molecule has 1 fully saturated rings. The van der Waals surface area contributed by atoms with Crippen LogP contribution in [0.4, 0.5) is 4.39 Å². The summed E-state index contributed by atoms with van der Waals surface area (Å²) in [7, 11) is -3.29. The number of piperidine rings is 1. The molecule has 0 aromatic heterocycles. The molecule has 0 bridgehead atoms. The molecule has 7 heteroatoms. The minimum absolute atomic E-state index is 0.0357. The number of hydrogen-bond acceptors (Lipinski definition) is 3. The van der Waals surface area contributed by atoms with E-state index in [1.807, 2.05) is 0 Å². The number of carbonyl (C=O) groups is 1. The van der Waals surface area contributed by atoms with Crippen LogP contribution in [0.15, 0.2) is 24.3 Å². The zero-order valence-corrected chi connectivity index (χ0v) is 14.3. The number of hydrogen-bond donors (Lipinski definition) is 1. The Labute approximate surface area is 136 Å². The first-order valence-corrected chi connectivity index (χ1v) is 9.38. The van der Waals surface area contributed by atoms with Gasteiger partial charge in [0.2, 0.25) is 15.9 Å². The number of carbonyl (C=O) groups excluding carboxylic acids is 1. The van der Waals surface area contributed by atoms with E-state index >= 15 is 0 Å². The molecule has 0 spiro atoms. The molecule has 1 aliphatic heterocycles. The maximum Gasteiger partial charge on any atom is 0.227 e. The van der Waals surface area contributed by atoms with Crippen LogP contribution in [0.25, 0.3) is 0 Å². The van der Waals surface area contributed by atoms with Crippen molar-refractivity contribution in [2.75, 3.05) is 18.8 Å². The van der Waals surface area contributed by atoms with Crippen molar-refractivity contribution in [1.82, 2.24) is 9.62 Å². The van der Waals surface area contributed by atoms with Crippen molar-refractivity contribution in [2.45, 2.75) is 33.2 Å². The predicted molar refractivity (Wildman–Crippen MR) is 86.6 cm³/mol. The number of nitrogens with one attached hydrogen (secondary N) is 1. The summed E-state index contributed by atoms with van der Waals surface area (Å²) in [6, 6.07) is 6.05. The zero-order chi connectivity index (χ0) is 17.1. The molecule has 0 radical (unpaired) electrons. The average Bonchev–Trinajstić information content (AvgIpc) is 2.52. The van der Waals surface area contributed by atoms with Crippen molar-refractivity contribution in [2.24, 2.45) is 5.41 Å². The molecule has 1 N–H and O–H groups in total. The minimum Gasteiger partial charge on any atom is -0.352 e. The highest BCUT2D eigenvalue weighted by atomic mass is 32.2. The molecule has 1 aliphatic rings. The minimum atomic E-state index is -3.29. The van der Waals surface area contributed by atoms with Gasteiger partial charge in [0.05, 0.1) is 11.2 Å². The van der Waals surface area contributed by atoms with E-state index in [-0.39, 0.29) is 30.6 Å². The van der Waals surface area contributed by atoms with Gasteiger partial charge < -0.3 is 5.32 Å². The van der Waals surface area contributed by atoms with Crippen molar-refractivity contribution < 1.29 is 17.6 Å². The molecule has 1 aromatic carbocycles. The number of benzene rings is 1. The fraction of sp³-hybridized carbons (Fsp3) is 0.562. The van der Waals surface area contributed by atoms with Gasteiger partial charge in [0.1, 0.15) is 5.82 Å². The Kier molecular flexibility index (Phi) is 5.41. The second-order valence-corrected chi connectivity index (χ2v) is 8.47. The Morgan fingerprint density at radius 3 is 2.83 bits per heavy atom. The third-order valence-electron chi connectivity index (χ3n) is 4.31. The summed E-state index contributed by atoms with van der Waals surface area (Å²) in [5.74, 6) is -0.507. The third-order valence-corrected chi connectivity index (χ3v) is 6.14. The summed E-state index contributed by atoms with van der Waals surface area (Å²) in [5.41, 5.74) is -0.0795. The summed E-state index contributed by atoms with van der Waals surface area (Å²) in [4.78, 5) is 12.5. The van der Waals surface area contributed by atoms with Gasteiger partial charge in [-0.2, -0.15) is 0 Å². The van der Waals surface area contributed by atoms with Crippen molar-refractivity contribution in [3.63, 3.8) is 0 Å². The molecule has 23 heavy (non-hydrogen) atoms. The molecule has 128 valence electrons. The largest absolute Gasteiger partial charge is 0.352 e. The molecular formula is C16H23FN2O3S. The van der Waals surface area contributed by atoms with Crippen molar-refractivity contribution >= 4 is 15.9 Å². The van der Waals surface area contributed by atoms with E-state index in [1.165, 1.54) is 16.4 Å². The Morgan fingerprint density at radius 2 is 2.17 bits per heavy atom. The first-order valence-electron chi connectivity index (χ1n) is 7.77. The van der Waals surface area contributed by atoms with Gasteiger partial charge in [-0.15, -0.1) is 0 Å². The fourth-order valence-corrected chi connectivity index (χ4v) is 4.09. The van der Waals surface area contributed by atoms with E-state index in [0.717, 1.165) is 0 Å². The Balaban J connectivity index is 2.02. The second-order valence-electron chi connectivity index (χ2n) is 6.21. The van der Waals surface area contributed by atoms with Gasteiger partial charge in [0.15, 0.2) is 0 Å². The molecule has 0 aliphatic carbocycles. The van der Waals surface area contributed by atoms with E-state index in [1.54, 1.807) is 26.0 Å². The smallest absolute Gasteiger partial charge is 0.227 e. The lowest BCUT2D eigenvalue weighted by molar-refractivity contribution is -0.132. The Bertz CT molecular complexity index is 678. The molecular weight excluding hydrogens is 319 g/mol. The van der Waals surface area contributed by atoms with E-state index in [4.69, 9.17) is 0 Å². The Morgan fingerprint density at radius 1 is 1.43 bits per heavy atom. The molecule has 1 heterocycles. The van der Waals surface area contributed by atoms with Crippen LogP contribution in [0.5, 0.6) is 0 Å². The lowest BCUT2D eigenvalue weighted by atomic mass is 9.82. The van der Waals surface area contributed by atoms with Crippen LogP contribution in [0.3, 0.4) is 0 Å². The van der Waals surface area contributed by atoms with E-state index in [9.17, 15) is 17.6 Å². The lowest BCUT2D eigenvalue weighted by Crippen LogP contribution is -2.52. The summed E-state index contributed by atoms with van der Waals surface area (Å²) < 4.78 is 38.6. The van der Waals surface area contributed by atoms with Gasteiger partial charge in [0, 0.05) is 19.6 Å². The van der Waals surface area contributed by atoms with Crippen LogP contribution in [0, 0.1) is 11.2 Å². The molecule has 2 rings (SSSR count). The van der Waals surface area contributed by atoms with Crippen LogP contribution in [-0.2, 0) is 21.4 Å². The number of nitrogens with zero attached hydrogens (tertiary/aromatic N) is 1. The second kappa shape index (κ2) is 6.97. The third kappa shape index (κ3) is 4.29. The lowest BCUT2D eigenvalue weighted by Gasteiger charge is -2.38. The standard InChI is InChI=1S/C16H23FN2O3S/c1-3-23(21,22)19-9-5-8-16(2,12-19)15(20)18-11-13-6-4-7-14(17)10-13/h4,6-7,10H,3,5,8-9,11-12H2,1-2H3,(H,18,20)/t16-/m1/s1. The van der Waals surface area contributed by atoms with Gasteiger partial charge in [-0.05, 0) is 44.4 Å². The van der Waals surface area contributed by atoms with Crippen LogP contribution < -0.4 is 5.32 Å². The van der Waals surface area contributed by atoms with Crippen molar-refractivity contribution in [3.8, 4) is 0 Å². The number of halogens is 1. The highest BCUT2D eigenvalue weighted by Gasteiger charge is 2.40. The summed E-state index contributed by atoms with van der Waals surface area (Å²) >= 11 is 0. The number of rotatable bonds is 5. The molecule has 1 amide bonds. The molecule has 0 unspecified atom stereocenters. The normalized spacial score (nSPS) is 22.7. The highest BCUT2D eigenvalue weighted by molar-refractivity contribution is 7.89. The molecule has 1 atom stereocenters. The van der Waals surface area contributed by atoms with Crippen LogP contribution in [0.1, 0.15) is 32.3 Å². The van der Waals surface area contributed by atoms with E-state index in [0.29, 0.717) is 24.9 Å². The SMILES string of the molecule is CCS(=O)(=O)N1CCC[C@@](C)(C(=O)NCc2cccc(F)c2)C1. The topological polar surface area (TPSA) is 66.5 Å². The van der Waals surface area contributed by atoms with Gasteiger partial charge in [-0.3, -0.25) is 4.79 Å². The number of amides is 1. The monoisotopic (exact) mass is 342 g/mol. The highest BCUT2D eigenvalue weighted by Crippen LogP contribution is 2.31. The fourth-order valence-electron chi connectivity index (χ4n) is 2.84. The summed E-state index contributed by atoms with van der Waals surface area (Å²) in [6.45, 7) is 4.27. The predicted octanol–water partition coefficient (Wildman–Crippen LogP) is 1.89. The Hall–Kier alpha value is -1.47. The first-order chi connectivity index (χ1) is 10.8. The molecule has 0 saturated carbocycles. The summed E-state index contributed by atoms with van der Waals surface area (Å²) in [5, 5.41) is 2.80. The van der Waals surface area contributed by atoms with Crippen molar-refractivity contribution in [1.29, 1.82) is 0 Å². The van der Waals surface area contributed by atoms with Crippen LogP contribution in [-0.4, -0.2) is 37.5 Å². The quantitative estimate of drug-likeness (QED) is 0.889. The van der Waals surface area contributed by atoms with Gasteiger partial charge in [-0.1, -0.05) is 12.1 Å². The van der Waals surface area contributed by atoms with E-state index in [2.05, 4.69) is 5.32 Å². The maximum atomic E-state index is 13.2. The van der Waals surface area contributed by atoms with Gasteiger partial charge in [0.25, 0.3) is 0 Å². The molecule has 5 nitrogen and oxygen atoms in total. The first kappa shape index (κ1) is 17.9. The van der Waals surface area contributed by atoms with Gasteiger partial charge in [-0.25, -0.2) is 17.1 Å². The average molecular weight is 342 g/mol.